The normalized spacial score (nSPS) is 10.4. The van der Waals surface area contributed by atoms with Crippen LogP contribution in [0.4, 0.5) is 5.69 Å². The van der Waals surface area contributed by atoms with E-state index in [1.54, 1.807) is 11.8 Å². The average molecular weight is 252 g/mol. The van der Waals surface area contributed by atoms with Crippen LogP contribution in [0.15, 0.2) is 6.07 Å². The number of nitrogen functional groups attached to an aromatic ring is 1. The van der Waals surface area contributed by atoms with E-state index in [0.29, 0.717) is 0 Å². The SMILES string of the molecule is CSCCN(C)c1cc(C)nc(C)c1C(=N)N. The molecule has 17 heavy (non-hydrogen) atoms. The second kappa shape index (κ2) is 5.91. The number of anilines is 1. The molecule has 0 aromatic carbocycles. The Bertz CT molecular complexity index is 417. The molecular formula is C12H20N4S. The zero-order chi connectivity index (χ0) is 13.0. The van der Waals surface area contributed by atoms with Crippen molar-refractivity contribution in [2.24, 2.45) is 5.73 Å². The van der Waals surface area contributed by atoms with Crippen molar-refractivity contribution >= 4 is 23.3 Å². The molecule has 0 fully saturated rings. The molecule has 0 saturated carbocycles. The summed E-state index contributed by atoms with van der Waals surface area (Å²) < 4.78 is 0. The number of hydrogen-bond donors (Lipinski definition) is 2. The summed E-state index contributed by atoms with van der Waals surface area (Å²) in [6.45, 7) is 4.79. The number of thioether (sulfide) groups is 1. The Labute approximate surface area is 107 Å². The molecule has 1 aromatic rings. The predicted molar refractivity (Wildman–Crippen MR) is 76.4 cm³/mol. The molecule has 1 rings (SSSR count). The zero-order valence-corrected chi connectivity index (χ0v) is 11.7. The third-order valence-corrected chi connectivity index (χ3v) is 3.21. The van der Waals surface area contributed by atoms with Crippen molar-refractivity contribution in [2.75, 3.05) is 30.5 Å². The van der Waals surface area contributed by atoms with Crippen LogP contribution in [0, 0.1) is 19.3 Å². The van der Waals surface area contributed by atoms with Crippen LogP contribution < -0.4 is 10.6 Å². The lowest BCUT2D eigenvalue weighted by atomic mass is 10.1. The molecule has 0 unspecified atom stereocenters. The summed E-state index contributed by atoms with van der Waals surface area (Å²) in [5.41, 5.74) is 9.17. The van der Waals surface area contributed by atoms with Crippen LogP contribution in [-0.2, 0) is 0 Å². The second-order valence-corrected chi connectivity index (χ2v) is 5.06. The smallest absolute Gasteiger partial charge is 0.126 e. The first-order chi connectivity index (χ1) is 7.97. The van der Waals surface area contributed by atoms with Crippen molar-refractivity contribution in [2.45, 2.75) is 13.8 Å². The van der Waals surface area contributed by atoms with Crippen LogP contribution in [-0.4, -0.2) is 36.4 Å². The van der Waals surface area contributed by atoms with Crippen LogP contribution in [0.3, 0.4) is 0 Å². The van der Waals surface area contributed by atoms with Gasteiger partial charge in [0.2, 0.25) is 0 Å². The molecule has 3 N–H and O–H groups in total. The standard InChI is InChI=1S/C12H20N4S/c1-8-7-10(16(3)5-6-17-4)11(12(13)14)9(2)15-8/h7H,5-6H2,1-4H3,(H3,13,14). The molecule has 1 aromatic heterocycles. The topological polar surface area (TPSA) is 66.0 Å². The minimum atomic E-state index is 0.0843. The molecule has 0 saturated heterocycles. The number of pyridine rings is 1. The summed E-state index contributed by atoms with van der Waals surface area (Å²) in [6.07, 6.45) is 2.09. The van der Waals surface area contributed by atoms with Crippen molar-refractivity contribution in [3.8, 4) is 0 Å². The Morgan fingerprint density at radius 1 is 1.53 bits per heavy atom. The van der Waals surface area contributed by atoms with Crippen molar-refractivity contribution in [1.82, 2.24) is 4.98 Å². The molecule has 0 aliphatic heterocycles. The van der Waals surface area contributed by atoms with Gasteiger partial charge in [-0.2, -0.15) is 11.8 Å². The molecule has 0 spiro atoms. The Morgan fingerprint density at radius 2 is 2.18 bits per heavy atom. The first-order valence-corrected chi connectivity index (χ1v) is 6.89. The van der Waals surface area contributed by atoms with Gasteiger partial charge in [-0.15, -0.1) is 0 Å². The molecular weight excluding hydrogens is 232 g/mol. The van der Waals surface area contributed by atoms with Crippen LogP contribution in [0.25, 0.3) is 0 Å². The van der Waals surface area contributed by atoms with Gasteiger partial charge in [-0.05, 0) is 26.2 Å². The summed E-state index contributed by atoms with van der Waals surface area (Å²) in [4.78, 5) is 6.50. The van der Waals surface area contributed by atoms with E-state index in [1.165, 1.54) is 0 Å². The van der Waals surface area contributed by atoms with Gasteiger partial charge in [0, 0.05) is 25.0 Å². The van der Waals surface area contributed by atoms with Gasteiger partial charge in [-0.3, -0.25) is 10.4 Å². The molecule has 0 atom stereocenters. The first-order valence-electron chi connectivity index (χ1n) is 5.50. The number of amidine groups is 1. The van der Waals surface area contributed by atoms with Gasteiger partial charge in [0.1, 0.15) is 5.84 Å². The minimum absolute atomic E-state index is 0.0843. The van der Waals surface area contributed by atoms with E-state index in [2.05, 4.69) is 16.1 Å². The number of aryl methyl sites for hydroxylation is 2. The lowest BCUT2D eigenvalue weighted by Gasteiger charge is -2.23. The van der Waals surface area contributed by atoms with Gasteiger partial charge >= 0.3 is 0 Å². The van der Waals surface area contributed by atoms with Crippen molar-refractivity contribution in [3.05, 3.63) is 23.0 Å². The molecule has 0 radical (unpaired) electrons. The second-order valence-electron chi connectivity index (χ2n) is 4.07. The summed E-state index contributed by atoms with van der Waals surface area (Å²) in [5, 5.41) is 7.66. The van der Waals surface area contributed by atoms with E-state index < -0.39 is 0 Å². The largest absolute Gasteiger partial charge is 0.384 e. The van der Waals surface area contributed by atoms with E-state index in [1.807, 2.05) is 27.0 Å². The third kappa shape index (κ3) is 3.36. The quantitative estimate of drug-likeness (QED) is 0.619. The summed E-state index contributed by atoms with van der Waals surface area (Å²) in [5.74, 6) is 1.13. The monoisotopic (exact) mass is 252 g/mol. The van der Waals surface area contributed by atoms with Crippen molar-refractivity contribution in [1.29, 1.82) is 5.41 Å². The molecule has 1 heterocycles. The Hall–Kier alpha value is -1.23. The highest BCUT2D eigenvalue weighted by molar-refractivity contribution is 7.98. The first kappa shape index (κ1) is 13.8. The molecule has 4 nitrogen and oxygen atoms in total. The van der Waals surface area contributed by atoms with Gasteiger partial charge in [-0.1, -0.05) is 0 Å². The highest BCUT2D eigenvalue weighted by Gasteiger charge is 2.14. The molecule has 0 aliphatic carbocycles. The van der Waals surface area contributed by atoms with Crippen LogP contribution in [0.5, 0.6) is 0 Å². The van der Waals surface area contributed by atoms with E-state index in [-0.39, 0.29) is 5.84 Å². The van der Waals surface area contributed by atoms with Crippen molar-refractivity contribution in [3.63, 3.8) is 0 Å². The minimum Gasteiger partial charge on any atom is -0.384 e. The Balaban J connectivity index is 3.15. The molecule has 0 bridgehead atoms. The Morgan fingerprint density at radius 3 is 2.71 bits per heavy atom. The summed E-state index contributed by atoms with van der Waals surface area (Å²) in [7, 11) is 2.02. The van der Waals surface area contributed by atoms with Gasteiger partial charge in [0.05, 0.1) is 16.9 Å². The number of nitrogens with zero attached hydrogens (tertiary/aromatic N) is 2. The lowest BCUT2D eigenvalue weighted by Crippen LogP contribution is -2.26. The average Bonchev–Trinajstić information content (AvgIpc) is 2.23. The van der Waals surface area contributed by atoms with Crippen LogP contribution in [0.2, 0.25) is 0 Å². The van der Waals surface area contributed by atoms with Gasteiger partial charge in [0.15, 0.2) is 0 Å². The van der Waals surface area contributed by atoms with Crippen molar-refractivity contribution < 1.29 is 0 Å². The van der Waals surface area contributed by atoms with Crippen LogP contribution >= 0.6 is 11.8 Å². The summed E-state index contributed by atoms with van der Waals surface area (Å²) >= 11 is 1.81. The fourth-order valence-corrected chi connectivity index (χ4v) is 2.25. The Kier molecular flexibility index (Phi) is 4.81. The van der Waals surface area contributed by atoms with E-state index in [9.17, 15) is 0 Å². The molecule has 0 amide bonds. The van der Waals surface area contributed by atoms with Gasteiger partial charge in [0.25, 0.3) is 0 Å². The number of aromatic nitrogens is 1. The number of nitrogens with one attached hydrogen (secondary N) is 1. The number of hydrogen-bond acceptors (Lipinski definition) is 4. The molecule has 0 aliphatic rings. The molecule has 5 heteroatoms. The van der Waals surface area contributed by atoms with Gasteiger partial charge < -0.3 is 10.6 Å². The maximum Gasteiger partial charge on any atom is 0.126 e. The number of nitrogens with two attached hydrogens (primary N) is 1. The highest BCUT2D eigenvalue weighted by atomic mass is 32.2. The lowest BCUT2D eigenvalue weighted by molar-refractivity contribution is 0.960. The van der Waals surface area contributed by atoms with E-state index in [4.69, 9.17) is 11.1 Å². The van der Waals surface area contributed by atoms with E-state index >= 15 is 0 Å². The number of rotatable bonds is 5. The van der Waals surface area contributed by atoms with Crippen LogP contribution in [0.1, 0.15) is 17.0 Å². The predicted octanol–water partition coefficient (Wildman–Crippen LogP) is 1.78. The van der Waals surface area contributed by atoms with Gasteiger partial charge in [-0.25, -0.2) is 0 Å². The third-order valence-electron chi connectivity index (χ3n) is 2.62. The highest BCUT2D eigenvalue weighted by Crippen LogP contribution is 2.22. The fourth-order valence-electron chi connectivity index (χ4n) is 1.79. The maximum absolute atomic E-state index is 7.66. The van der Waals surface area contributed by atoms with E-state index in [0.717, 1.165) is 34.9 Å². The maximum atomic E-state index is 7.66. The molecule has 94 valence electrons. The fraction of sp³-hybridized carbons (Fsp3) is 0.500. The zero-order valence-electron chi connectivity index (χ0n) is 10.9. The summed E-state index contributed by atoms with van der Waals surface area (Å²) in [6, 6.07) is 1.99.